The molecular formula is C23H28N2O4S. The van der Waals surface area contributed by atoms with Gasteiger partial charge in [0.05, 0.1) is 31.3 Å². The van der Waals surface area contributed by atoms with Gasteiger partial charge in [-0.15, -0.1) is 0 Å². The second-order valence-corrected chi connectivity index (χ2v) is 7.79. The molecule has 1 heterocycles. The first kappa shape index (κ1) is 22.0. The summed E-state index contributed by atoms with van der Waals surface area (Å²) >= 11 is 1.50. The molecule has 0 saturated carbocycles. The fourth-order valence-corrected chi connectivity index (χ4v) is 4.48. The summed E-state index contributed by atoms with van der Waals surface area (Å²) in [4.78, 5) is 19.5. The summed E-state index contributed by atoms with van der Waals surface area (Å²) in [5.41, 5.74) is 1.79. The van der Waals surface area contributed by atoms with Gasteiger partial charge >= 0.3 is 0 Å². The molecular weight excluding hydrogens is 400 g/mol. The first-order valence-corrected chi connectivity index (χ1v) is 11.1. The van der Waals surface area contributed by atoms with Crippen LogP contribution in [0.15, 0.2) is 47.5 Å². The van der Waals surface area contributed by atoms with Crippen LogP contribution in [-0.4, -0.2) is 48.1 Å². The van der Waals surface area contributed by atoms with E-state index in [-0.39, 0.29) is 11.2 Å². The quantitative estimate of drug-likeness (QED) is 0.580. The van der Waals surface area contributed by atoms with Crippen LogP contribution in [0.2, 0.25) is 0 Å². The minimum atomic E-state index is -0.237. The zero-order chi connectivity index (χ0) is 21.5. The number of hydrogen-bond acceptors (Lipinski definition) is 6. The highest BCUT2D eigenvalue weighted by Gasteiger charge is 2.37. The second-order valence-electron chi connectivity index (χ2n) is 6.62. The van der Waals surface area contributed by atoms with Crippen molar-refractivity contribution in [1.82, 2.24) is 4.90 Å². The van der Waals surface area contributed by atoms with Gasteiger partial charge < -0.3 is 14.2 Å². The van der Waals surface area contributed by atoms with E-state index in [1.807, 2.05) is 63.2 Å². The number of thioether (sulfide) groups is 1. The highest BCUT2D eigenvalue weighted by molar-refractivity contribution is 8.15. The SMILES string of the molecule is CCOc1ccc(C[C@H]2SC(=Nc3ccc(OC)cc3)N(CC)C2=O)c(OCC)c1. The largest absolute Gasteiger partial charge is 0.497 e. The average molecular weight is 429 g/mol. The molecule has 30 heavy (non-hydrogen) atoms. The van der Waals surface area contributed by atoms with Gasteiger partial charge in [-0.1, -0.05) is 17.8 Å². The lowest BCUT2D eigenvalue weighted by Crippen LogP contribution is -2.32. The Hall–Kier alpha value is -2.67. The molecule has 0 radical (unpaired) electrons. The molecule has 2 aromatic rings. The van der Waals surface area contributed by atoms with Crippen molar-refractivity contribution in [2.24, 2.45) is 4.99 Å². The molecule has 1 amide bonds. The summed E-state index contributed by atoms with van der Waals surface area (Å²) in [6.07, 6.45) is 0.573. The number of carbonyl (C=O) groups is 1. The third-order valence-electron chi connectivity index (χ3n) is 4.69. The maximum absolute atomic E-state index is 13.0. The summed E-state index contributed by atoms with van der Waals surface area (Å²) in [6, 6.07) is 13.3. The summed E-state index contributed by atoms with van der Waals surface area (Å²) in [7, 11) is 1.63. The molecule has 1 aliphatic heterocycles. The topological polar surface area (TPSA) is 60.4 Å². The zero-order valence-electron chi connectivity index (χ0n) is 17.9. The third kappa shape index (κ3) is 5.08. The van der Waals surface area contributed by atoms with Crippen LogP contribution in [0.4, 0.5) is 5.69 Å². The second kappa shape index (κ2) is 10.4. The van der Waals surface area contributed by atoms with Crippen LogP contribution in [0.3, 0.4) is 0 Å². The summed E-state index contributed by atoms with van der Waals surface area (Å²) < 4.78 is 16.6. The molecule has 0 spiro atoms. The number of amides is 1. The van der Waals surface area contributed by atoms with E-state index in [4.69, 9.17) is 19.2 Å². The van der Waals surface area contributed by atoms with E-state index in [2.05, 4.69) is 0 Å². The molecule has 0 unspecified atom stereocenters. The minimum Gasteiger partial charge on any atom is -0.497 e. The first-order valence-electron chi connectivity index (χ1n) is 10.2. The number of ether oxygens (including phenoxy) is 3. The predicted octanol–water partition coefficient (Wildman–Crippen LogP) is 4.69. The van der Waals surface area contributed by atoms with Crippen molar-refractivity contribution in [1.29, 1.82) is 0 Å². The number of carbonyl (C=O) groups excluding carboxylic acids is 1. The smallest absolute Gasteiger partial charge is 0.242 e. The van der Waals surface area contributed by atoms with E-state index in [0.29, 0.717) is 26.2 Å². The lowest BCUT2D eigenvalue weighted by molar-refractivity contribution is -0.126. The van der Waals surface area contributed by atoms with Gasteiger partial charge in [-0.3, -0.25) is 9.69 Å². The lowest BCUT2D eigenvalue weighted by Gasteiger charge is -2.15. The molecule has 0 N–H and O–H groups in total. The van der Waals surface area contributed by atoms with Gasteiger partial charge in [0.1, 0.15) is 17.2 Å². The summed E-state index contributed by atoms with van der Waals surface area (Å²) in [6.45, 7) is 7.60. The van der Waals surface area contributed by atoms with Crippen molar-refractivity contribution in [3.63, 3.8) is 0 Å². The number of amidine groups is 1. The summed E-state index contributed by atoms with van der Waals surface area (Å²) in [5, 5.41) is 0.487. The predicted molar refractivity (Wildman–Crippen MR) is 121 cm³/mol. The lowest BCUT2D eigenvalue weighted by atomic mass is 10.1. The maximum Gasteiger partial charge on any atom is 0.242 e. The van der Waals surface area contributed by atoms with Gasteiger partial charge in [0.15, 0.2) is 5.17 Å². The maximum atomic E-state index is 13.0. The Bertz CT molecular complexity index is 899. The molecule has 1 saturated heterocycles. The molecule has 7 heteroatoms. The third-order valence-corrected chi connectivity index (χ3v) is 5.86. The zero-order valence-corrected chi connectivity index (χ0v) is 18.7. The van der Waals surface area contributed by atoms with Crippen molar-refractivity contribution in [2.45, 2.75) is 32.4 Å². The molecule has 1 atom stereocenters. The molecule has 160 valence electrons. The van der Waals surface area contributed by atoms with Crippen molar-refractivity contribution >= 4 is 28.5 Å². The Morgan fingerprint density at radius 1 is 1.00 bits per heavy atom. The highest BCUT2D eigenvalue weighted by atomic mass is 32.2. The normalized spacial score (nSPS) is 17.5. The molecule has 1 aliphatic rings. The van der Waals surface area contributed by atoms with Crippen molar-refractivity contribution < 1.29 is 19.0 Å². The van der Waals surface area contributed by atoms with Crippen molar-refractivity contribution in [3.8, 4) is 17.2 Å². The Morgan fingerprint density at radius 2 is 1.70 bits per heavy atom. The molecule has 2 aromatic carbocycles. The number of nitrogens with zero attached hydrogens (tertiary/aromatic N) is 2. The Kier molecular flexibility index (Phi) is 7.63. The number of benzene rings is 2. The van der Waals surface area contributed by atoms with Gasteiger partial charge in [0.2, 0.25) is 5.91 Å². The standard InChI is InChI=1S/C23H28N2O4S/c1-5-25-22(26)21(30-23(25)24-17-9-12-18(27-4)13-10-17)14-16-8-11-19(28-6-2)15-20(16)29-7-3/h8-13,15,21H,5-7,14H2,1-4H3/t21-/m1/s1. The van der Waals surface area contributed by atoms with Gasteiger partial charge in [-0.05, 0) is 63.1 Å². The van der Waals surface area contributed by atoms with Crippen LogP contribution in [0, 0.1) is 0 Å². The van der Waals surface area contributed by atoms with Crippen LogP contribution in [0.1, 0.15) is 26.3 Å². The van der Waals surface area contributed by atoms with E-state index in [1.165, 1.54) is 11.8 Å². The van der Waals surface area contributed by atoms with Crippen LogP contribution in [0.25, 0.3) is 0 Å². The fraction of sp³-hybridized carbons (Fsp3) is 0.391. The van der Waals surface area contributed by atoms with Gasteiger partial charge in [-0.2, -0.15) is 0 Å². The Morgan fingerprint density at radius 3 is 2.33 bits per heavy atom. The number of aliphatic imine (C=N–C) groups is 1. The monoisotopic (exact) mass is 428 g/mol. The van der Waals surface area contributed by atoms with Gasteiger partial charge in [-0.25, -0.2) is 4.99 Å². The Labute approximate surface area is 182 Å². The van der Waals surface area contributed by atoms with Crippen LogP contribution >= 0.6 is 11.8 Å². The first-order chi connectivity index (χ1) is 14.6. The van der Waals surface area contributed by atoms with Crippen LogP contribution in [-0.2, 0) is 11.2 Å². The molecule has 0 bridgehead atoms. The van der Waals surface area contributed by atoms with Crippen molar-refractivity contribution in [2.75, 3.05) is 26.9 Å². The van der Waals surface area contributed by atoms with E-state index >= 15 is 0 Å². The van der Waals surface area contributed by atoms with E-state index in [1.54, 1.807) is 12.0 Å². The number of methoxy groups -OCH3 is 1. The number of rotatable bonds is 9. The average Bonchev–Trinajstić information content (AvgIpc) is 3.04. The molecule has 0 aliphatic carbocycles. The van der Waals surface area contributed by atoms with Crippen LogP contribution in [0.5, 0.6) is 17.2 Å². The summed E-state index contributed by atoms with van der Waals surface area (Å²) in [5.74, 6) is 2.39. The number of hydrogen-bond donors (Lipinski definition) is 0. The highest BCUT2D eigenvalue weighted by Crippen LogP contribution is 2.35. The van der Waals surface area contributed by atoms with E-state index < -0.39 is 0 Å². The van der Waals surface area contributed by atoms with Gasteiger partial charge in [0.25, 0.3) is 0 Å². The van der Waals surface area contributed by atoms with E-state index in [9.17, 15) is 4.79 Å². The molecule has 1 fully saturated rings. The minimum absolute atomic E-state index is 0.0751. The molecule has 3 rings (SSSR count). The fourth-order valence-electron chi connectivity index (χ4n) is 3.23. The van der Waals surface area contributed by atoms with Gasteiger partial charge in [0, 0.05) is 12.6 Å². The van der Waals surface area contributed by atoms with Crippen molar-refractivity contribution in [3.05, 3.63) is 48.0 Å². The van der Waals surface area contributed by atoms with Crippen LogP contribution < -0.4 is 14.2 Å². The molecule has 0 aromatic heterocycles. The molecule has 6 nitrogen and oxygen atoms in total. The van der Waals surface area contributed by atoms with E-state index in [0.717, 1.165) is 33.7 Å². The Balaban J connectivity index is 1.81.